The first kappa shape index (κ1) is 14.0. The first-order valence-corrected chi connectivity index (χ1v) is 6.05. The minimum Gasteiger partial charge on any atom is -0.381 e. The van der Waals surface area contributed by atoms with Crippen molar-refractivity contribution >= 4 is 11.6 Å². The number of benzene rings is 2. The minimum absolute atomic E-state index is 0.118. The highest BCUT2D eigenvalue weighted by Crippen LogP contribution is 2.16. The largest absolute Gasteiger partial charge is 0.381 e. The summed E-state index contributed by atoms with van der Waals surface area (Å²) in [6, 6.07) is 8.54. The van der Waals surface area contributed by atoms with E-state index in [1.54, 1.807) is 13.0 Å². The van der Waals surface area contributed by atoms with Crippen LogP contribution in [0.25, 0.3) is 0 Å². The molecule has 0 saturated heterocycles. The maximum Gasteiger partial charge on any atom is 0.248 e. The molecule has 0 aromatic heterocycles. The summed E-state index contributed by atoms with van der Waals surface area (Å²) in [5.41, 5.74) is 6.90. The van der Waals surface area contributed by atoms with Crippen molar-refractivity contribution in [2.45, 2.75) is 13.5 Å². The maximum atomic E-state index is 13.7. The molecule has 0 heterocycles. The number of hydrogen-bond donors (Lipinski definition) is 2. The Morgan fingerprint density at radius 2 is 1.95 bits per heavy atom. The van der Waals surface area contributed by atoms with Crippen molar-refractivity contribution in [3.05, 3.63) is 64.7 Å². The van der Waals surface area contributed by atoms with Gasteiger partial charge in [-0.25, -0.2) is 8.78 Å². The number of halogens is 2. The van der Waals surface area contributed by atoms with E-state index in [-0.39, 0.29) is 17.9 Å². The molecule has 3 nitrogen and oxygen atoms in total. The van der Waals surface area contributed by atoms with Gasteiger partial charge in [-0.1, -0.05) is 6.07 Å². The summed E-state index contributed by atoms with van der Waals surface area (Å²) in [6.45, 7) is 1.96. The average molecular weight is 276 g/mol. The number of rotatable bonds is 4. The number of carbonyl (C=O) groups excluding carboxylic acids is 1. The van der Waals surface area contributed by atoms with Crippen molar-refractivity contribution in [2.75, 3.05) is 5.32 Å². The van der Waals surface area contributed by atoms with Crippen LogP contribution in [0.3, 0.4) is 0 Å². The lowest BCUT2D eigenvalue weighted by Gasteiger charge is -2.09. The Bertz CT molecular complexity index is 636. The van der Waals surface area contributed by atoms with E-state index in [2.05, 4.69) is 5.32 Å². The zero-order chi connectivity index (χ0) is 14.7. The number of anilines is 1. The molecule has 0 radical (unpaired) electrons. The molecule has 5 heteroatoms. The minimum atomic E-state index is -0.677. The molecule has 0 bridgehead atoms. The predicted octanol–water partition coefficient (Wildman–Crippen LogP) is 2.98. The van der Waals surface area contributed by atoms with Crippen LogP contribution in [0.5, 0.6) is 0 Å². The van der Waals surface area contributed by atoms with Crippen molar-refractivity contribution in [1.29, 1.82) is 0 Å². The van der Waals surface area contributed by atoms with Crippen LogP contribution in [0.2, 0.25) is 0 Å². The molecule has 0 spiro atoms. The van der Waals surface area contributed by atoms with E-state index in [9.17, 15) is 13.6 Å². The Morgan fingerprint density at radius 1 is 1.20 bits per heavy atom. The molecule has 0 atom stereocenters. The smallest absolute Gasteiger partial charge is 0.248 e. The first-order chi connectivity index (χ1) is 9.45. The van der Waals surface area contributed by atoms with Crippen LogP contribution in [0.4, 0.5) is 14.5 Å². The summed E-state index contributed by atoms with van der Waals surface area (Å²) in [4.78, 5) is 10.9. The third-order valence-electron chi connectivity index (χ3n) is 2.86. The molecule has 0 aliphatic rings. The van der Waals surface area contributed by atoms with Gasteiger partial charge in [-0.05, 0) is 42.8 Å². The second-order valence-electron chi connectivity index (χ2n) is 4.54. The maximum absolute atomic E-state index is 13.7. The molecule has 3 N–H and O–H groups in total. The molecule has 0 aliphatic carbocycles. The van der Waals surface area contributed by atoms with Gasteiger partial charge in [0.1, 0.15) is 11.6 Å². The summed E-state index contributed by atoms with van der Waals surface area (Å²) in [5.74, 6) is -1.55. The molecule has 0 aliphatic heterocycles. The van der Waals surface area contributed by atoms with Gasteiger partial charge in [-0.3, -0.25) is 4.79 Å². The average Bonchev–Trinajstić information content (AvgIpc) is 2.36. The summed E-state index contributed by atoms with van der Waals surface area (Å²) >= 11 is 0. The fourth-order valence-corrected chi connectivity index (χ4v) is 1.88. The van der Waals surface area contributed by atoms with Crippen molar-refractivity contribution in [2.24, 2.45) is 5.73 Å². The van der Waals surface area contributed by atoms with Crippen molar-refractivity contribution in [3.63, 3.8) is 0 Å². The second kappa shape index (κ2) is 5.69. The molecule has 0 fully saturated rings. The molecule has 0 saturated carbocycles. The molecule has 1 amide bonds. The lowest BCUT2D eigenvalue weighted by atomic mass is 10.1. The van der Waals surface area contributed by atoms with Gasteiger partial charge < -0.3 is 11.1 Å². The van der Waals surface area contributed by atoms with E-state index < -0.39 is 11.7 Å². The van der Waals surface area contributed by atoms with Gasteiger partial charge >= 0.3 is 0 Å². The standard InChI is InChI=1S/C15H14F2N2O/c1-9-4-12(16)7-13(5-9)19-8-11-3-2-10(15(18)20)6-14(11)17/h2-7,19H,8H2,1H3,(H2,18,20). The zero-order valence-corrected chi connectivity index (χ0v) is 10.9. The molecular formula is C15H14F2N2O. The number of aryl methyl sites for hydroxylation is 1. The normalized spacial score (nSPS) is 10.3. The van der Waals surface area contributed by atoms with E-state index in [4.69, 9.17) is 5.73 Å². The summed E-state index contributed by atoms with van der Waals surface area (Å²) in [5, 5.41) is 2.94. The molecule has 2 aromatic rings. The zero-order valence-electron chi connectivity index (χ0n) is 10.9. The summed E-state index contributed by atoms with van der Waals surface area (Å²) in [7, 11) is 0. The highest BCUT2D eigenvalue weighted by molar-refractivity contribution is 5.92. The second-order valence-corrected chi connectivity index (χ2v) is 4.54. The third kappa shape index (κ3) is 3.32. The molecule has 0 unspecified atom stereocenters. The van der Waals surface area contributed by atoms with E-state index in [1.165, 1.54) is 24.3 Å². The Morgan fingerprint density at radius 3 is 2.55 bits per heavy atom. The van der Waals surface area contributed by atoms with Gasteiger partial charge in [0, 0.05) is 23.4 Å². The third-order valence-corrected chi connectivity index (χ3v) is 2.86. The molecular weight excluding hydrogens is 262 g/mol. The monoisotopic (exact) mass is 276 g/mol. The Balaban J connectivity index is 2.12. The van der Waals surface area contributed by atoms with Crippen molar-refractivity contribution in [3.8, 4) is 0 Å². The lowest BCUT2D eigenvalue weighted by Crippen LogP contribution is -2.12. The van der Waals surface area contributed by atoms with Crippen LogP contribution < -0.4 is 11.1 Å². The molecule has 2 aromatic carbocycles. The Kier molecular flexibility index (Phi) is 3.98. The fraction of sp³-hybridized carbons (Fsp3) is 0.133. The van der Waals surface area contributed by atoms with Crippen LogP contribution in [-0.2, 0) is 6.54 Å². The number of amides is 1. The number of primary amides is 1. The van der Waals surface area contributed by atoms with E-state index in [0.717, 1.165) is 11.6 Å². The predicted molar refractivity (Wildman–Crippen MR) is 73.4 cm³/mol. The molecule has 20 heavy (non-hydrogen) atoms. The highest BCUT2D eigenvalue weighted by Gasteiger charge is 2.07. The first-order valence-electron chi connectivity index (χ1n) is 6.05. The van der Waals surface area contributed by atoms with Gasteiger partial charge in [0.05, 0.1) is 0 Å². The Labute approximate surface area is 115 Å². The van der Waals surface area contributed by atoms with Crippen LogP contribution in [0.15, 0.2) is 36.4 Å². The SMILES string of the molecule is Cc1cc(F)cc(NCc2ccc(C(N)=O)cc2F)c1. The highest BCUT2D eigenvalue weighted by atomic mass is 19.1. The number of nitrogens with two attached hydrogens (primary N) is 1. The number of carbonyl (C=O) groups is 1. The van der Waals surface area contributed by atoms with Crippen molar-refractivity contribution in [1.82, 2.24) is 0 Å². The van der Waals surface area contributed by atoms with Crippen LogP contribution >= 0.6 is 0 Å². The van der Waals surface area contributed by atoms with Crippen LogP contribution in [-0.4, -0.2) is 5.91 Å². The van der Waals surface area contributed by atoms with Gasteiger partial charge in [-0.2, -0.15) is 0 Å². The van der Waals surface area contributed by atoms with Gasteiger partial charge in [0.25, 0.3) is 0 Å². The molecule has 104 valence electrons. The van der Waals surface area contributed by atoms with E-state index in [0.29, 0.717) is 11.3 Å². The van der Waals surface area contributed by atoms with Gasteiger partial charge in [-0.15, -0.1) is 0 Å². The molecule has 2 rings (SSSR count). The van der Waals surface area contributed by atoms with Crippen LogP contribution in [0, 0.1) is 18.6 Å². The van der Waals surface area contributed by atoms with E-state index >= 15 is 0 Å². The van der Waals surface area contributed by atoms with Crippen molar-refractivity contribution < 1.29 is 13.6 Å². The summed E-state index contributed by atoms with van der Waals surface area (Å²) < 4.78 is 27.0. The fourth-order valence-electron chi connectivity index (χ4n) is 1.88. The van der Waals surface area contributed by atoms with E-state index in [1.807, 2.05) is 0 Å². The Hall–Kier alpha value is -2.43. The van der Waals surface area contributed by atoms with Gasteiger partial charge in [0.15, 0.2) is 0 Å². The van der Waals surface area contributed by atoms with Gasteiger partial charge in [0.2, 0.25) is 5.91 Å². The summed E-state index contributed by atoms with van der Waals surface area (Å²) in [6.07, 6.45) is 0. The lowest BCUT2D eigenvalue weighted by molar-refractivity contribution is 0.1000. The number of hydrogen-bond acceptors (Lipinski definition) is 2. The van der Waals surface area contributed by atoms with Crippen LogP contribution in [0.1, 0.15) is 21.5 Å². The topological polar surface area (TPSA) is 55.1 Å². The number of nitrogens with one attached hydrogen (secondary N) is 1. The quantitative estimate of drug-likeness (QED) is 0.902.